The molecule has 0 bridgehead atoms. The van der Waals surface area contributed by atoms with Crippen LogP contribution in [0.3, 0.4) is 0 Å². The third-order valence-electron chi connectivity index (χ3n) is 21.4. The fraction of sp³-hybridized carbons (Fsp3) is 0.955. The van der Waals surface area contributed by atoms with Crippen LogP contribution in [-0.4, -0.2) is 96.7 Å². The lowest BCUT2D eigenvalue weighted by Gasteiger charge is -2.21. The third-order valence-corrected chi connectivity index (χ3v) is 23.3. The van der Waals surface area contributed by atoms with Gasteiger partial charge in [0.25, 0.3) is 0 Å². The minimum Gasteiger partial charge on any atom is -0.462 e. The van der Waals surface area contributed by atoms with Crippen molar-refractivity contribution in [3.8, 4) is 0 Å². The van der Waals surface area contributed by atoms with Gasteiger partial charge in [-0.05, 0) is 37.5 Å². The van der Waals surface area contributed by atoms with Gasteiger partial charge in [-0.2, -0.15) is 0 Å². The number of phosphoric acid groups is 2. The summed E-state index contributed by atoms with van der Waals surface area (Å²) >= 11 is 0. The van der Waals surface area contributed by atoms with Crippen LogP contribution in [0.2, 0.25) is 0 Å². The Morgan fingerprint density at radius 2 is 0.449 bits per heavy atom. The topological polar surface area (TPSA) is 237 Å². The molecule has 636 valence electrons. The highest BCUT2D eigenvalue weighted by Crippen LogP contribution is 2.45. The molecule has 0 heterocycles. The third kappa shape index (κ3) is 79.1. The normalized spacial score (nSPS) is 14.3. The summed E-state index contributed by atoms with van der Waals surface area (Å²) in [6.07, 6.45) is 72.7. The fourth-order valence-electron chi connectivity index (χ4n) is 13.7. The monoisotopic (exact) mass is 1560 g/mol. The summed E-state index contributed by atoms with van der Waals surface area (Å²) < 4.78 is 68.7. The quantitative estimate of drug-likeness (QED) is 0.0222. The maximum atomic E-state index is 13.1. The number of rotatable bonds is 87. The average Bonchev–Trinajstić information content (AvgIpc) is 0.902. The smallest absolute Gasteiger partial charge is 0.462 e. The number of esters is 4. The van der Waals surface area contributed by atoms with E-state index in [4.69, 9.17) is 37.0 Å². The van der Waals surface area contributed by atoms with E-state index >= 15 is 0 Å². The molecule has 4 unspecified atom stereocenters. The maximum absolute atomic E-state index is 13.1. The van der Waals surface area contributed by atoms with E-state index in [1.807, 2.05) is 0 Å². The molecule has 7 atom stereocenters. The number of ether oxygens (including phenoxy) is 4. The van der Waals surface area contributed by atoms with E-state index in [9.17, 15) is 43.2 Å². The SMILES string of the molecule is CCCCCCCCCCCCCCCCCCCCC(=O)O[C@H](COC(=O)CCCCCCC)COP(=O)(O)OC[C@H](O)COP(=O)(O)OC[C@@H](COC(=O)CCCCCCCCCCCCCCCCCCCCC(C)CC)OC(=O)CCCCCCCCCCCCCCCCCCCCC(C)CC. The van der Waals surface area contributed by atoms with Crippen molar-refractivity contribution >= 4 is 39.5 Å². The second kappa shape index (κ2) is 79.3. The first-order valence-electron chi connectivity index (χ1n) is 45.6. The van der Waals surface area contributed by atoms with E-state index in [0.717, 1.165) is 108 Å². The van der Waals surface area contributed by atoms with Gasteiger partial charge in [0, 0.05) is 25.7 Å². The number of aliphatic hydroxyl groups excluding tert-OH is 1. The molecular formula is C88H172O17P2. The highest BCUT2D eigenvalue weighted by molar-refractivity contribution is 7.47. The van der Waals surface area contributed by atoms with Gasteiger partial charge >= 0.3 is 39.5 Å². The molecule has 0 aliphatic heterocycles. The molecule has 17 nitrogen and oxygen atoms in total. The first kappa shape index (κ1) is 105. The van der Waals surface area contributed by atoms with Crippen LogP contribution in [0.15, 0.2) is 0 Å². The molecular weight excluding hydrogens is 1390 g/mol. The molecule has 0 radical (unpaired) electrons. The van der Waals surface area contributed by atoms with Gasteiger partial charge in [0.2, 0.25) is 0 Å². The van der Waals surface area contributed by atoms with Crippen molar-refractivity contribution in [1.29, 1.82) is 0 Å². The molecule has 19 heteroatoms. The molecule has 3 N–H and O–H groups in total. The van der Waals surface area contributed by atoms with Gasteiger partial charge in [0.1, 0.15) is 19.3 Å². The van der Waals surface area contributed by atoms with Crippen molar-refractivity contribution in [1.82, 2.24) is 0 Å². The highest BCUT2D eigenvalue weighted by atomic mass is 31.2. The van der Waals surface area contributed by atoms with Gasteiger partial charge in [0.05, 0.1) is 26.4 Å². The fourth-order valence-corrected chi connectivity index (χ4v) is 15.3. The lowest BCUT2D eigenvalue weighted by atomic mass is 9.99. The summed E-state index contributed by atoms with van der Waals surface area (Å²) in [6.45, 7) is 9.73. The largest absolute Gasteiger partial charge is 0.472 e. The van der Waals surface area contributed by atoms with E-state index in [1.165, 1.54) is 283 Å². The Hall–Kier alpha value is -1.94. The van der Waals surface area contributed by atoms with Crippen LogP contribution in [-0.2, 0) is 65.4 Å². The number of carbonyl (C=O) groups is 4. The Bertz CT molecular complexity index is 2050. The Labute approximate surface area is 658 Å². The number of carbonyl (C=O) groups excluding carboxylic acids is 4. The number of aliphatic hydroxyl groups is 1. The highest BCUT2D eigenvalue weighted by Gasteiger charge is 2.31. The molecule has 0 rings (SSSR count). The van der Waals surface area contributed by atoms with Crippen molar-refractivity contribution in [3.63, 3.8) is 0 Å². The van der Waals surface area contributed by atoms with Gasteiger partial charge in [-0.3, -0.25) is 37.3 Å². The van der Waals surface area contributed by atoms with Crippen LogP contribution in [0.4, 0.5) is 0 Å². The maximum Gasteiger partial charge on any atom is 0.472 e. The first-order valence-corrected chi connectivity index (χ1v) is 48.6. The second-order valence-electron chi connectivity index (χ2n) is 32.1. The molecule has 0 aromatic rings. The summed E-state index contributed by atoms with van der Waals surface area (Å²) in [6, 6.07) is 0. The number of hydrogen-bond donors (Lipinski definition) is 3. The molecule has 0 amide bonds. The summed E-state index contributed by atoms with van der Waals surface area (Å²) in [5.41, 5.74) is 0. The van der Waals surface area contributed by atoms with E-state index in [0.29, 0.717) is 25.7 Å². The molecule has 0 spiro atoms. The molecule has 107 heavy (non-hydrogen) atoms. The van der Waals surface area contributed by atoms with Gasteiger partial charge in [-0.15, -0.1) is 0 Å². The molecule has 0 saturated heterocycles. The lowest BCUT2D eigenvalue weighted by Crippen LogP contribution is -2.30. The van der Waals surface area contributed by atoms with E-state index in [-0.39, 0.29) is 25.7 Å². The van der Waals surface area contributed by atoms with Crippen LogP contribution < -0.4 is 0 Å². The summed E-state index contributed by atoms with van der Waals surface area (Å²) in [5.74, 6) is -0.367. The number of phosphoric ester groups is 2. The predicted octanol–water partition coefficient (Wildman–Crippen LogP) is 27.0. The Morgan fingerprint density at radius 1 is 0.262 bits per heavy atom. The van der Waals surface area contributed by atoms with E-state index in [1.54, 1.807) is 0 Å². The average molecular weight is 1560 g/mol. The van der Waals surface area contributed by atoms with Gasteiger partial charge in [-0.25, -0.2) is 9.13 Å². The first-order chi connectivity index (χ1) is 51.9. The molecule has 0 aliphatic carbocycles. The van der Waals surface area contributed by atoms with Gasteiger partial charge in [0.15, 0.2) is 12.2 Å². The Morgan fingerprint density at radius 3 is 0.664 bits per heavy atom. The standard InChI is InChI=1S/C88H172O17P2/c1-7-11-13-15-16-17-18-19-20-21-28-34-39-44-49-54-60-66-72-87(92)104-83(76-98-85(90)70-64-56-14-12-8-2)78-102-106(94,95)100-74-82(89)75-101-107(96,97)103-79-84(105-88(93)73-67-61-55-50-45-40-35-30-25-23-27-32-37-42-47-52-58-63-69-81(6)10-4)77-99-86(91)71-65-59-53-48-43-38-33-29-24-22-26-31-36-41-46-51-57-62-68-80(5)9-3/h80-84,89H,7-79H2,1-6H3,(H,94,95)(H,96,97)/t80?,81?,82-,83+,84+/m0/s1. The summed E-state index contributed by atoms with van der Waals surface area (Å²) in [7, 11) is -9.92. The van der Waals surface area contributed by atoms with Crippen molar-refractivity contribution in [2.24, 2.45) is 11.8 Å². The Kier molecular flexibility index (Phi) is 77.9. The molecule has 0 aromatic carbocycles. The zero-order valence-electron chi connectivity index (χ0n) is 70.5. The van der Waals surface area contributed by atoms with E-state index in [2.05, 4.69) is 41.5 Å². The minimum absolute atomic E-state index is 0.108. The van der Waals surface area contributed by atoms with Gasteiger partial charge in [-0.1, -0.05) is 420 Å². The van der Waals surface area contributed by atoms with Crippen LogP contribution in [0.1, 0.15) is 472 Å². The lowest BCUT2D eigenvalue weighted by molar-refractivity contribution is -0.161. The molecule has 0 aromatic heterocycles. The van der Waals surface area contributed by atoms with E-state index < -0.39 is 97.5 Å². The summed E-state index contributed by atoms with van der Waals surface area (Å²) in [4.78, 5) is 72.9. The number of hydrogen-bond acceptors (Lipinski definition) is 15. The molecule has 0 fully saturated rings. The minimum atomic E-state index is -4.96. The van der Waals surface area contributed by atoms with Crippen LogP contribution in [0, 0.1) is 11.8 Å². The van der Waals surface area contributed by atoms with Crippen molar-refractivity contribution in [3.05, 3.63) is 0 Å². The zero-order valence-corrected chi connectivity index (χ0v) is 72.2. The summed E-state index contributed by atoms with van der Waals surface area (Å²) in [5, 5.41) is 10.6. The van der Waals surface area contributed by atoms with Crippen molar-refractivity contribution in [2.75, 3.05) is 39.6 Å². The van der Waals surface area contributed by atoms with Crippen LogP contribution in [0.5, 0.6) is 0 Å². The van der Waals surface area contributed by atoms with Crippen molar-refractivity contribution in [2.45, 2.75) is 490 Å². The number of unbranched alkanes of at least 4 members (excludes halogenated alkanes) is 55. The Balaban J connectivity index is 5.09. The zero-order chi connectivity index (χ0) is 78.5. The predicted molar refractivity (Wildman–Crippen MR) is 442 cm³/mol. The van der Waals surface area contributed by atoms with Crippen LogP contribution >= 0.6 is 15.6 Å². The van der Waals surface area contributed by atoms with Crippen LogP contribution in [0.25, 0.3) is 0 Å². The van der Waals surface area contributed by atoms with Crippen molar-refractivity contribution < 1.29 is 80.2 Å². The molecule has 0 saturated carbocycles. The van der Waals surface area contributed by atoms with Gasteiger partial charge < -0.3 is 33.8 Å². The second-order valence-corrected chi connectivity index (χ2v) is 35.0. The molecule has 0 aliphatic rings.